The molecule has 3 rings (SSSR count). The van der Waals surface area contributed by atoms with E-state index in [4.69, 9.17) is 4.42 Å². The molecule has 0 aromatic carbocycles. The number of thiophene rings is 1. The molecule has 20 heavy (non-hydrogen) atoms. The molecular weight excluding hydrogens is 268 g/mol. The summed E-state index contributed by atoms with van der Waals surface area (Å²) in [4.78, 5) is 8.16. The molecule has 4 heteroatoms. The molecule has 108 valence electrons. The normalized spacial score (nSPS) is 23.4. The Hall–Kier alpha value is -1.13. The second kappa shape index (κ2) is 6.10. The Kier molecular flexibility index (Phi) is 4.22. The maximum Gasteiger partial charge on any atom is 0.236 e. The van der Waals surface area contributed by atoms with Crippen LogP contribution in [0.5, 0.6) is 0 Å². The van der Waals surface area contributed by atoms with Crippen molar-refractivity contribution in [2.24, 2.45) is 5.92 Å². The highest BCUT2D eigenvalue weighted by Gasteiger charge is 2.25. The minimum absolute atomic E-state index is 0.686. The molecule has 0 amide bonds. The van der Waals surface area contributed by atoms with Crippen molar-refractivity contribution in [3.63, 3.8) is 0 Å². The minimum atomic E-state index is 0.686. The van der Waals surface area contributed by atoms with Crippen molar-refractivity contribution < 1.29 is 4.42 Å². The van der Waals surface area contributed by atoms with Crippen molar-refractivity contribution >= 4 is 11.3 Å². The number of nitrogens with zero attached hydrogens (tertiary/aromatic N) is 2. The van der Waals surface area contributed by atoms with Crippen LogP contribution in [0, 0.1) is 5.92 Å². The van der Waals surface area contributed by atoms with Gasteiger partial charge in [0.2, 0.25) is 5.89 Å². The van der Waals surface area contributed by atoms with Crippen molar-refractivity contribution in [1.82, 2.24) is 9.88 Å². The number of hydrogen-bond donors (Lipinski definition) is 0. The Morgan fingerprint density at radius 1 is 1.40 bits per heavy atom. The molecule has 0 N–H and O–H groups in total. The zero-order chi connectivity index (χ0) is 13.9. The standard InChI is InChI=1S/C16H22N2OS/c1-12-6-3-4-7-14(12)18(2)10-13-11-19-16(17-13)15-8-5-9-20-15/h5,8-9,11-12,14H,3-4,6-7,10H2,1-2H3. The summed E-state index contributed by atoms with van der Waals surface area (Å²) in [5, 5.41) is 2.05. The van der Waals surface area contributed by atoms with Gasteiger partial charge in [-0.2, -0.15) is 0 Å². The lowest BCUT2D eigenvalue weighted by atomic mass is 9.85. The predicted octanol–water partition coefficient (Wildman–Crippen LogP) is 4.41. The van der Waals surface area contributed by atoms with Crippen molar-refractivity contribution in [2.75, 3.05) is 7.05 Å². The molecule has 2 aromatic rings. The molecule has 0 bridgehead atoms. The van der Waals surface area contributed by atoms with E-state index in [-0.39, 0.29) is 0 Å². The lowest BCUT2D eigenvalue weighted by Crippen LogP contribution is -2.38. The third-order valence-corrected chi connectivity index (χ3v) is 5.19. The summed E-state index contributed by atoms with van der Waals surface area (Å²) in [6.45, 7) is 3.25. The van der Waals surface area contributed by atoms with Crippen LogP contribution in [0.1, 0.15) is 38.3 Å². The summed E-state index contributed by atoms with van der Waals surface area (Å²) < 4.78 is 5.60. The highest BCUT2D eigenvalue weighted by Crippen LogP contribution is 2.29. The van der Waals surface area contributed by atoms with Crippen LogP contribution in [0.25, 0.3) is 10.8 Å². The largest absolute Gasteiger partial charge is 0.444 e. The van der Waals surface area contributed by atoms with Crippen molar-refractivity contribution in [3.05, 3.63) is 29.5 Å². The molecule has 2 aromatic heterocycles. The van der Waals surface area contributed by atoms with Crippen LogP contribution in [0.3, 0.4) is 0 Å². The second-order valence-corrected chi connectivity index (χ2v) is 6.81. The van der Waals surface area contributed by atoms with Crippen LogP contribution in [-0.2, 0) is 6.54 Å². The van der Waals surface area contributed by atoms with Gasteiger partial charge in [0.25, 0.3) is 0 Å². The van der Waals surface area contributed by atoms with Gasteiger partial charge in [0.05, 0.1) is 10.6 Å². The zero-order valence-corrected chi connectivity index (χ0v) is 13.0. The smallest absolute Gasteiger partial charge is 0.236 e. The van der Waals surface area contributed by atoms with Crippen molar-refractivity contribution in [1.29, 1.82) is 0 Å². The van der Waals surface area contributed by atoms with E-state index in [1.54, 1.807) is 17.6 Å². The number of rotatable bonds is 4. The molecule has 2 atom stereocenters. The number of oxazole rings is 1. The summed E-state index contributed by atoms with van der Waals surface area (Å²) in [7, 11) is 2.21. The van der Waals surface area contributed by atoms with E-state index in [1.807, 2.05) is 12.1 Å². The predicted molar refractivity (Wildman–Crippen MR) is 82.7 cm³/mol. The number of hydrogen-bond acceptors (Lipinski definition) is 4. The molecule has 2 unspecified atom stereocenters. The molecule has 2 heterocycles. The second-order valence-electron chi connectivity index (χ2n) is 5.87. The average molecular weight is 290 g/mol. The van der Waals surface area contributed by atoms with Crippen LogP contribution in [0.4, 0.5) is 0 Å². The fourth-order valence-corrected chi connectivity index (χ4v) is 3.87. The third kappa shape index (κ3) is 2.96. The van der Waals surface area contributed by atoms with E-state index in [1.165, 1.54) is 25.7 Å². The quantitative estimate of drug-likeness (QED) is 0.835. The number of aromatic nitrogens is 1. The average Bonchev–Trinajstić information content (AvgIpc) is 3.09. The van der Waals surface area contributed by atoms with Crippen LogP contribution < -0.4 is 0 Å². The lowest BCUT2D eigenvalue weighted by Gasteiger charge is -2.35. The molecule has 1 aliphatic carbocycles. The Balaban J connectivity index is 1.65. The van der Waals surface area contributed by atoms with Gasteiger partial charge < -0.3 is 4.42 Å². The maximum atomic E-state index is 5.60. The monoisotopic (exact) mass is 290 g/mol. The SMILES string of the molecule is CC1CCCCC1N(C)Cc1coc(-c2cccs2)n1. The summed E-state index contributed by atoms with van der Waals surface area (Å²) in [5.41, 5.74) is 1.04. The van der Waals surface area contributed by atoms with Crippen LogP contribution >= 0.6 is 11.3 Å². The highest BCUT2D eigenvalue weighted by molar-refractivity contribution is 7.13. The van der Waals surface area contributed by atoms with Gasteiger partial charge in [-0.1, -0.05) is 25.8 Å². The van der Waals surface area contributed by atoms with Gasteiger partial charge in [-0.15, -0.1) is 11.3 Å². The van der Waals surface area contributed by atoms with E-state index >= 15 is 0 Å². The van der Waals surface area contributed by atoms with E-state index < -0.39 is 0 Å². The lowest BCUT2D eigenvalue weighted by molar-refractivity contribution is 0.132. The Morgan fingerprint density at radius 2 is 2.25 bits per heavy atom. The first-order valence-corrected chi connectivity index (χ1v) is 8.30. The zero-order valence-electron chi connectivity index (χ0n) is 12.2. The molecule has 0 aliphatic heterocycles. The van der Waals surface area contributed by atoms with Crippen molar-refractivity contribution in [3.8, 4) is 10.8 Å². The van der Waals surface area contributed by atoms with E-state index in [0.717, 1.165) is 28.9 Å². The fourth-order valence-electron chi connectivity index (χ4n) is 3.22. The first-order valence-electron chi connectivity index (χ1n) is 7.42. The van der Waals surface area contributed by atoms with Gasteiger partial charge in [-0.05, 0) is 37.3 Å². The highest BCUT2D eigenvalue weighted by atomic mass is 32.1. The molecule has 1 fully saturated rings. The van der Waals surface area contributed by atoms with Gasteiger partial charge in [-0.25, -0.2) is 4.98 Å². The fraction of sp³-hybridized carbons (Fsp3) is 0.562. The molecule has 0 spiro atoms. The Labute approximate surface area is 124 Å². The first kappa shape index (κ1) is 13.8. The van der Waals surface area contributed by atoms with E-state index in [0.29, 0.717) is 6.04 Å². The maximum absolute atomic E-state index is 5.60. The van der Waals surface area contributed by atoms with Gasteiger partial charge >= 0.3 is 0 Å². The van der Waals surface area contributed by atoms with Gasteiger partial charge in [0.15, 0.2) is 0 Å². The van der Waals surface area contributed by atoms with E-state index in [2.05, 4.69) is 29.2 Å². The summed E-state index contributed by atoms with van der Waals surface area (Å²) in [6, 6.07) is 4.76. The van der Waals surface area contributed by atoms with E-state index in [9.17, 15) is 0 Å². The van der Waals surface area contributed by atoms with Gasteiger partial charge in [-0.3, -0.25) is 4.90 Å². The van der Waals surface area contributed by atoms with Crippen LogP contribution in [-0.4, -0.2) is 23.0 Å². The molecular formula is C16H22N2OS. The molecule has 1 aliphatic rings. The Bertz CT molecular complexity index is 534. The summed E-state index contributed by atoms with van der Waals surface area (Å²) in [6.07, 6.45) is 7.22. The molecule has 0 radical (unpaired) electrons. The molecule has 1 saturated carbocycles. The summed E-state index contributed by atoms with van der Waals surface area (Å²) in [5.74, 6) is 1.54. The topological polar surface area (TPSA) is 29.3 Å². The van der Waals surface area contributed by atoms with Crippen LogP contribution in [0.15, 0.2) is 28.2 Å². The Morgan fingerprint density at radius 3 is 3.00 bits per heavy atom. The van der Waals surface area contributed by atoms with Gasteiger partial charge in [0.1, 0.15) is 6.26 Å². The van der Waals surface area contributed by atoms with Crippen LogP contribution in [0.2, 0.25) is 0 Å². The van der Waals surface area contributed by atoms with Crippen molar-refractivity contribution in [2.45, 2.75) is 45.2 Å². The molecule has 3 nitrogen and oxygen atoms in total. The minimum Gasteiger partial charge on any atom is -0.444 e. The van der Waals surface area contributed by atoms with Gasteiger partial charge in [0, 0.05) is 12.6 Å². The molecule has 0 saturated heterocycles. The third-order valence-electron chi connectivity index (χ3n) is 4.33. The summed E-state index contributed by atoms with van der Waals surface area (Å²) >= 11 is 1.67. The first-order chi connectivity index (χ1) is 9.74.